The number of para-hydroxylation sites is 1. The molecule has 1 aliphatic heterocycles. The second-order valence-electron chi connectivity index (χ2n) is 7.36. The fraction of sp³-hybridized carbons (Fsp3) is 0.409. The lowest BCUT2D eigenvalue weighted by Gasteiger charge is -2.32. The van der Waals surface area contributed by atoms with Gasteiger partial charge in [-0.1, -0.05) is 18.6 Å². The summed E-state index contributed by atoms with van der Waals surface area (Å²) in [5.74, 6) is -0.642. The number of methoxy groups -OCH3 is 1. The van der Waals surface area contributed by atoms with Crippen LogP contribution in [-0.4, -0.2) is 51.5 Å². The third kappa shape index (κ3) is 5.34. The molecule has 9 heteroatoms. The van der Waals surface area contributed by atoms with Crippen molar-refractivity contribution in [3.05, 3.63) is 53.8 Å². The molecule has 7 nitrogen and oxygen atoms in total. The number of hydrogen-bond acceptors (Lipinski definition) is 5. The van der Waals surface area contributed by atoms with E-state index in [4.69, 9.17) is 9.47 Å². The summed E-state index contributed by atoms with van der Waals surface area (Å²) in [4.78, 5) is 12.5. The summed E-state index contributed by atoms with van der Waals surface area (Å²) in [5.41, 5.74) is 0.190. The second kappa shape index (κ2) is 10.1. The number of carbonyl (C=O) groups is 1. The molecule has 0 aliphatic carbocycles. The van der Waals surface area contributed by atoms with Crippen molar-refractivity contribution in [2.45, 2.75) is 37.1 Å². The van der Waals surface area contributed by atoms with E-state index in [2.05, 4.69) is 5.32 Å². The highest BCUT2D eigenvalue weighted by atomic mass is 32.2. The highest BCUT2D eigenvalue weighted by molar-refractivity contribution is 7.89. The van der Waals surface area contributed by atoms with E-state index in [1.54, 1.807) is 12.1 Å². The monoisotopic (exact) mass is 450 g/mol. The van der Waals surface area contributed by atoms with Crippen LogP contribution in [0.25, 0.3) is 0 Å². The van der Waals surface area contributed by atoms with E-state index in [9.17, 15) is 17.6 Å². The fourth-order valence-corrected chi connectivity index (χ4v) is 5.45. The number of piperidine rings is 1. The van der Waals surface area contributed by atoms with Crippen LogP contribution in [0.15, 0.2) is 47.4 Å². The van der Waals surface area contributed by atoms with Crippen LogP contribution in [0.3, 0.4) is 0 Å². The summed E-state index contributed by atoms with van der Waals surface area (Å²) in [6, 6.07) is 10.2. The summed E-state index contributed by atoms with van der Waals surface area (Å²) < 4.78 is 52.1. The molecule has 31 heavy (non-hydrogen) atoms. The molecule has 0 unspecified atom stereocenters. The quantitative estimate of drug-likeness (QED) is 0.625. The maximum atomic E-state index is 13.6. The van der Waals surface area contributed by atoms with Crippen molar-refractivity contribution in [1.82, 2.24) is 9.62 Å². The molecule has 1 aliphatic rings. The summed E-state index contributed by atoms with van der Waals surface area (Å²) >= 11 is 0. The minimum Gasteiger partial charge on any atom is -0.495 e. The molecule has 1 heterocycles. The van der Waals surface area contributed by atoms with Crippen molar-refractivity contribution in [2.24, 2.45) is 0 Å². The van der Waals surface area contributed by atoms with E-state index in [1.807, 2.05) is 6.92 Å². The first-order chi connectivity index (χ1) is 14.8. The van der Waals surface area contributed by atoms with Gasteiger partial charge in [0.25, 0.3) is 5.91 Å². The molecule has 1 saturated heterocycles. The lowest BCUT2D eigenvalue weighted by molar-refractivity contribution is 0.0946. The van der Waals surface area contributed by atoms with Gasteiger partial charge in [0.2, 0.25) is 10.0 Å². The molecule has 168 valence electrons. The SMILES string of the molecule is COc1ccc(C(=O)NCCOc2ccccc2F)cc1S(=O)(=O)N1CCCC[C@H]1C. The predicted molar refractivity (Wildman–Crippen MR) is 114 cm³/mol. The van der Waals surface area contributed by atoms with Crippen LogP contribution in [0.5, 0.6) is 11.5 Å². The Balaban J connectivity index is 1.70. The zero-order chi connectivity index (χ0) is 22.4. The molecule has 2 aromatic rings. The van der Waals surface area contributed by atoms with Crippen LogP contribution in [0.2, 0.25) is 0 Å². The van der Waals surface area contributed by atoms with E-state index >= 15 is 0 Å². The van der Waals surface area contributed by atoms with E-state index in [1.165, 1.54) is 41.7 Å². The zero-order valence-electron chi connectivity index (χ0n) is 17.6. The first-order valence-electron chi connectivity index (χ1n) is 10.2. The molecule has 1 N–H and O–H groups in total. The van der Waals surface area contributed by atoms with Crippen molar-refractivity contribution >= 4 is 15.9 Å². The number of amides is 1. The number of ether oxygens (including phenoxy) is 2. The molecule has 0 spiro atoms. The molecule has 1 fully saturated rings. The maximum absolute atomic E-state index is 13.6. The van der Waals surface area contributed by atoms with Crippen LogP contribution in [-0.2, 0) is 10.0 Å². The number of halogens is 1. The van der Waals surface area contributed by atoms with E-state index in [-0.39, 0.29) is 41.2 Å². The molecule has 0 bridgehead atoms. The van der Waals surface area contributed by atoms with Gasteiger partial charge in [-0.25, -0.2) is 12.8 Å². The number of sulfonamides is 1. The van der Waals surface area contributed by atoms with Crippen LogP contribution in [0.1, 0.15) is 36.5 Å². The first kappa shape index (κ1) is 23.0. The minimum atomic E-state index is -3.81. The number of rotatable bonds is 8. The smallest absolute Gasteiger partial charge is 0.251 e. The van der Waals surface area contributed by atoms with E-state index in [0.29, 0.717) is 6.54 Å². The van der Waals surface area contributed by atoms with Gasteiger partial charge in [-0.3, -0.25) is 4.79 Å². The van der Waals surface area contributed by atoms with Gasteiger partial charge in [0, 0.05) is 18.2 Å². The maximum Gasteiger partial charge on any atom is 0.251 e. The van der Waals surface area contributed by atoms with E-state index < -0.39 is 21.7 Å². The van der Waals surface area contributed by atoms with Gasteiger partial charge in [0.05, 0.1) is 13.7 Å². The summed E-state index contributed by atoms with van der Waals surface area (Å²) in [7, 11) is -2.42. The standard InChI is InChI=1S/C22H27FN2O5S/c1-16-7-5-6-13-25(16)31(27,28)21-15-17(10-11-20(21)29-2)22(26)24-12-14-30-19-9-4-3-8-18(19)23/h3-4,8-11,15-16H,5-7,12-14H2,1-2H3,(H,24,26)/t16-/m1/s1. The van der Waals surface area contributed by atoms with Gasteiger partial charge < -0.3 is 14.8 Å². The molecule has 1 amide bonds. The number of hydrogen-bond donors (Lipinski definition) is 1. The van der Waals surface area contributed by atoms with Crippen molar-refractivity contribution < 1.29 is 27.1 Å². The second-order valence-corrected chi connectivity index (χ2v) is 9.22. The molecule has 1 atom stereocenters. The largest absolute Gasteiger partial charge is 0.495 e. The predicted octanol–water partition coefficient (Wildman–Crippen LogP) is 3.21. The summed E-state index contributed by atoms with van der Waals surface area (Å²) in [6.45, 7) is 2.52. The molecule has 2 aromatic carbocycles. The van der Waals surface area contributed by atoms with Crippen LogP contribution in [0.4, 0.5) is 4.39 Å². The number of benzene rings is 2. The third-order valence-electron chi connectivity index (χ3n) is 5.24. The van der Waals surface area contributed by atoms with Gasteiger partial charge in [0.1, 0.15) is 17.3 Å². The first-order valence-corrected chi connectivity index (χ1v) is 11.6. The Hall–Kier alpha value is -2.65. The lowest BCUT2D eigenvalue weighted by Crippen LogP contribution is -2.42. The van der Waals surface area contributed by atoms with Crippen molar-refractivity contribution in [3.63, 3.8) is 0 Å². The van der Waals surface area contributed by atoms with Gasteiger partial charge >= 0.3 is 0 Å². The molecule has 3 rings (SSSR count). The number of carbonyl (C=O) groups excluding carboxylic acids is 1. The summed E-state index contributed by atoms with van der Waals surface area (Å²) in [6.07, 6.45) is 2.58. The average molecular weight is 451 g/mol. The number of nitrogens with zero attached hydrogens (tertiary/aromatic N) is 1. The van der Waals surface area contributed by atoms with Crippen molar-refractivity contribution in [1.29, 1.82) is 0 Å². The molecule has 0 aromatic heterocycles. The Bertz CT molecular complexity index is 1030. The zero-order valence-corrected chi connectivity index (χ0v) is 18.5. The topological polar surface area (TPSA) is 84.9 Å². The summed E-state index contributed by atoms with van der Waals surface area (Å²) in [5, 5.41) is 2.66. The van der Waals surface area contributed by atoms with Gasteiger partial charge in [-0.2, -0.15) is 4.31 Å². The molecular weight excluding hydrogens is 423 g/mol. The van der Waals surface area contributed by atoms with Crippen molar-refractivity contribution in [3.8, 4) is 11.5 Å². The number of nitrogens with one attached hydrogen (secondary N) is 1. The van der Waals surface area contributed by atoms with E-state index in [0.717, 1.165) is 19.3 Å². The normalized spacial score (nSPS) is 17.2. The Kier molecular flexibility index (Phi) is 7.50. The van der Waals surface area contributed by atoms with Crippen LogP contribution < -0.4 is 14.8 Å². The molecule has 0 radical (unpaired) electrons. The van der Waals surface area contributed by atoms with Gasteiger partial charge in [-0.05, 0) is 50.1 Å². The Labute approximate surface area is 182 Å². The van der Waals surface area contributed by atoms with Crippen LogP contribution >= 0.6 is 0 Å². The minimum absolute atomic E-state index is 0.0287. The van der Waals surface area contributed by atoms with Gasteiger partial charge in [0.15, 0.2) is 11.6 Å². The van der Waals surface area contributed by atoms with Crippen LogP contribution in [0, 0.1) is 5.82 Å². The molecular formula is C22H27FN2O5S. The average Bonchev–Trinajstić information content (AvgIpc) is 2.77. The fourth-order valence-electron chi connectivity index (χ4n) is 3.56. The Morgan fingerprint density at radius 2 is 1.97 bits per heavy atom. The highest BCUT2D eigenvalue weighted by Gasteiger charge is 2.33. The molecule has 0 saturated carbocycles. The van der Waals surface area contributed by atoms with Gasteiger partial charge in [-0.15, -0.1) is 0 Å². The van der Waals surface area contributed by atoms with Crippen molar-refractivity contribution in [2.75, 3.05) is 26.8 Å². The Morgan fingerprint density at radius 1 is 1.19 bits per heavy atom. The third-order valence-corrected chi connectivity index (χ3v) is 7.27. The Morgan fingerprint density at radius 3 is 2.68 bits per heavy atom. The lowest BCUT2D eigenvalue weighted by atomic mass is 10.1. The highest BCUT2D eigenvalue weighted by Crippen LogP contribution is 2.31.